The van der Waals surface area contributed by atoms with Crippen molar-refractivity contribution in [2.24, 2.45) is 23.5 Å². The normalized spacial score (nSPS) is 13.4. The van der Waals surface area contributed by atoms with Crippen LogP contribution in [0.2, 0.25) is 0 Å². The highest BCUT2D eigenvalue weighted by molar-refractivity contribution is 4.64. The average Bonchev–Trinajstić information content (AvgIpc) is 2.34. The molecule has 0 aromatic carbocycles. The second-order valence-corrected chi connectivity index (χ2v) is 6.87. The van der Waals surface area contributed by atoms with Crippen LogP contribution in [0.4, 0.5) is 0 Å². The molecule has 19 heavy (non-hydrogen) atoms. The first-order valence-electron chi connectivity index (χ1n) is 8.47. The standard InChI is InChI=1S/C17H38N2/c1-15(2)9-7-5-6-8-11-19-12-10-17(14-18)13-16(3)4/h15-17,19H,5-14,18H2,1-4H3. The molecule has 0 saturated heterocycles. The monoisotopic (exact) mass is 270 g/mol. The van der Waals surface area contributed by atoms with Crippen molar-refractivity contribution in [3.05, 3.63) is 0 Å². The molecule has 1 unspecified atom stereocenters. The van der Waals surface area contributed by atoms with Crippen LogP contribution >= 0.6 is 0 Å². The average molecular weight is 271 g/mol. The van der Waals surface area contributed by atoms with E-state index in [0.29, 0.717) is 5.92 Å². The van der Waals surface area contributed by atoms with E-state index in [4.69, 9.17) is 5.73 Å². The van der Waals surface area contributed by atoms with Crippen LogP contribution in [0.15, 0.2) is 0 Å². The van der Waals surface area contributed by atoms with Crippen molar-refractivity contribution in [3.63, 3.8) is 0 Å². The molecule has 3 N–H and O–H groups in total. The molecule has 0 radical (unpaired) electrons. The fraction of sp³-hybridized carbons (Fsp3) is 1.00. The van der Waals surface area contributed by atoms with Crippen LogP contribution in [0.25, 0.3) is 0 Å². The first-order valence-corrected chi connectivity index (χ1v) is 8.47. The predicted molar refractivity (Wildman–Crippen MR) is 87.4 cm³/mol. The van der Waals surface area contributed by atoms with Crippen LogP contribution in [0.1, 0.15) is 72.6 Å². The van der Waals surface area contributed by atoms with E-state index in [1.807, 2.05) is 0 Å². The lowest BCUT2D eigenvalue weighted by Gasteiger charge is -2.17. The third kappa shape index (κ3) is 14.1. The molecule has 0 bridgehead atoms. The minimum absolute atomic E-state index is 0.707. The molecule has 0 aromatic heterocycles. The van der Waals surface area contributed by atoms with Gasteiger partial charge in [-0.05, 0) is 56.7 Å². The summed E-state index contributed by atoms with van der Waals surface area (Å²) in [4.78, 5) is 0. The zero-order chi connectivity index (χ0) is 14.5. The van der Waals surface area contributed by atoms with Crippen molar-refractivity contribution < 1.29 is 0 Å². The summed E-state index contributed by atoms with van der Waals surface area (Å²) in [5.74, 6) is 2.35. The molecule has 0 aliphatic rings. The van der Waals surface area contributed by atoms with Gasteiger partial charge in [0.25, 0.3) is 0 Å². The second kappa shape index (κ2) is 12.9. The van der Waals surface area contributed by atoms with Gasteiger partial charge in [0.1, 0.15) is 0 Å². The van der Waals surface area contributed by atoms with Gasteiger partial charge in [-0.1, -0.05) is 53.4 Å². The Bertz CT molecular complexity index is 178. The fourth-order valence-corrected chi connectivity index (χ4v) is 2.59. The number of hydrogen-bond acceptors (Lipinski definition) is 2. The second-order valence-electron chi connectivity index (χ2n) is 6.87. The first kappa shape index (κ1) is 18.9. The van der Waals surface area contributed by atoms with Gasteiger partial charge in [0.05, 0.1) is 0 Å². The molecule has 116 valence electrons. The first-order chi connectivity index (χ1) is 9.06. The predicted octanol–water partition coefficient (Wildman–Crippen LogP) is 4.19. The molecule has 0 rings (SSSR count). The molecule has 0 aliphatic heterocycles. The van der Waals surface area contributed by atoms with Crippen molar-refractivity contribution >= 4 is 0 Å². The fourth-order valence-electron chi connectivity index (χ4n) is 2.59. The Kier molecular flexibility index (Phi) is 12.9. The van der Waals surface area contributed by atoms with E-state index in [9.17, 15) is 0 Å². The molecule has 0 amide bonds. The van der Waals surface area contributed by atoms with E-state index < -0.39 is 0 Å². The highest BCUT2D eigenvalue weighted by Crippen LogP contribution is 2.13. The Morgan fingerprint density at radius 2 is 1.47 bits per heavy atom. The quantitative estimate of drug-likeness (QED) is 0.492. The molecule has 0 aromatic rings. The number of unbranched alkanes of at least 4 members (excludes halogenated alkanes) is 3. The third-order valence-electron chi connectivity index (χ3n) is 3.75. The van der Waals surface area contributed by atoms with Crippen LogP contribution in [-0.2, 0) is 0 Å². The van der Waals surface area contributed by atoms with Crippen molar-refractivity contribution in [2.45, 2.75) is 72.6 Å². The summed E-state index contributed by atoms with van der Waals surface area (Å²) in [6, 6.07) is 0. The molecule has 2 nitrogen and oxygen atoms in total. The van der Waals surface area contributed by atoms with E-state index in [2.05, 4.69) is 33.0 Å². The summed E-state index contributed by atoms with van der Waals surface area (Å²) in [5.41, 5.74) is 5.81. The molecule has 2 heteroatoms. The van der Waals surface area contributed by atoms with Crippen LogP contribution in [0.5, 0.6) is 0 Å². The van der Waals surface area contributed by atoms with Gasteiger partial charge < -0.3 is 11.1 Å². The Hall–Kier alpha value is -0.0800. The van der Waals surface area contributed by atoms with Crippen molar-refractivity contribution in [1.82, 2.24) is 5.32 Å². The summed E-state index contributed by atoms with van der Waals surface area (Å²) >= 11 is 0. The molecule has 0 fully saturated rings. The third-order valence-corrected chi connectivity index (χ3v) is 3.75. The largest absolute Gasteiger partial charge is 0.330 e. The highest BCUT2D eigenvalue weighted by atomic mass is 14.8. The summed E-state index contributed by atoms with van der Waals surface area (Å²) in [6.45, 7) is 12.4. The summed E-state index contributed by atoms with van der Waals surface area (Å²) in [5, 5.41) is 3.57. The van der Waals surface area contributed by atoms with Crippen LogP contribution in [0.3, 0.4) is 0 Å². The van der Waals surface area contributed by atoms with Gasteiger partial charge >= 0.3 is 0 Å². The lowest BCUT2D eigenvalue weighted by atomic mass is 9.94. The lowest BCUT2D eigenvalue weighted by Crippen LogP contribution is -2.24. The SMILES string of the molecule is CC(C)CCCCCCNCCC(CN)CC(C)C. The molecule has 0 spiro atoms. The van der Waals surface area contributed by atoms with Gasteiger partial charge in [-0.15, -0.1) is 0 Å². The van der Waals surface area contributed by atoms with E-state index in [1.165, 1.54) is 51.5 Å². The molecule has 1 atom stereocenters. The van der Waals surface area contributed by atoms with Crippen LogP contribution < -0.4 is 11.1 Å². The van der Waals surface area contributed by atoms with Gasteiger partial charge in [-0.3, -0.25) is 0 Å². The van der Waals surface area contributed by atoms with Gasteiger partial charge in [-0.25, -0.2) is 0 Å². The Labute approximate surface area is 121 Å². The lowest BCUT2D eigenvalue weighted by molar-refractivity contribution is 0.384. The zero-order valence-electron chi connectivity index (χ0n) is 13.9. The van der Waals surface area contributed by atoms with E-state index >= 15 is 0 Å². The molecular formula is C17H38N2. The number of nitrogens with one attached hydrogen (secondary N) is 1. The molecule has 0 aliphatic carbocycles. The highest BCUT2D eigenvalue weighted by Gasteiger charge is 2.08. The molecule has 0 heterocycles. The van der Waals surface area contributed by atoms with Crippen molar-refractivity contribution in [2.75, 3.05) is 19.6 Å². The van der Waals surface area contributed by atoms with Crippen molar-refractivity contribution in [1.29, 1.82) is 0 Å². The van der Waals surface area contributed by atoms with E-state index in [1.54, 1.807) is 0 Å². The maximum atomic E-state index is 5.81. The topological polar surface area (TPSA) is 38.0 Å². The Morgan fingerprint density at radius 3 is 2.05 bits per heavy atom. The van der Waals surface area contributed by atoms with Crippen molar-refractivity contribution in [3.8, 4) is 0 Å². The summed E-state index contributed by atoms with van der Waals surface area (Å²) < 4.78 is 0. The number of hydrogen-bond donors (Lipinski definition) is 2. The zero-order valence-corrected chi connectivity index (χ0v) is 13.9. The molecular weight excluding hydrogens is 232 g/mol. The number of nitrogens with two attached hydrogens (primary N) is 1. The number of rotatable bonds is 13. The Balaban J connectivity index is 3.25. The maximum absolute atomic E-state index is 5.81. The van der Waals surface area contributed by atoms with Gasteiger partial charge in [0.2, 0.25) is 0 Å². The minimum Gasteiger partial charge on any atom is -0.330 e. The van der Waals surface area contributed by atoms with Crippen LogP contribution in [0, 0.1) is 17.8 Å². The Morgan fingerprint density at radius 1 is 0.789 bits per heavy atom. The summed E-state index contributed by atoms with van der Waals surface area (Å²) in [6.07, 6.45) is 9.41. The smallest absolute Gasteiger partial charge is 0.00458 e. The minimum atomic E-state index is 0.707. The van der Waals surface area contributed by atoms with Crippen LogP contribution in [-0.4, -0.2) is 19.6 Å². The van der Waals surface area contributed by atoms with E-state index in [-0.39, 0.29) is 0 Å². The van der Waals surface area contributed by atoms with Gasteiger partial charge in [0.15, 0.2) is 0 Å². The van der Waals surface area contributed by atoms with E-state index in [0.717, 1.165) is 24.9 Å². The van der Waals surface area contributed by atoms with Gasteiger partial charge in [0, 0.05) is 0 Å². The maximum Gasteiger partial charge on any atom is -0.00458 e. The van der Waals surface area contributed by atoms with Gasteiger partial charge in [-0.2, -0.15) is 0 Å². The summed E-state index contributed by atoms with van der Waals surface area (Å²) in [7, 11) is 0. The molecule has 0 saturated carbocycles.